The van der Waals surface area contributed by atoms with E-state index in [1.54, 1.807) is 0 Å². The van der Waals surface area contributed by atoms with Crippen molar-refractivity contribution in [2.75, 3.05) is 5.75 Å². The van der Waals surface area contributed by atoms with E-state index < -0.39 is 18.1 Å². The van der Waals surface area contributed by atoms with Gasteiger partial charge in [-0.2, -0.15) is 0 Å². The molecule has 0 radical (unpaired) electrons. The summed E-state index contributed by atoms with van der Waals surface area (Å²) in [6, 6.07) is -1.27. The predicted octanol–water partition coefficient (Wildman–Crippen LogP) is -1.53. The molecule has 2 aliphatic rings. The van der Waals surface area contributed by atoms with Crippen LogP contribution in [-0.2, 0) is 14.4 Å². The molecule has 2 heterocycles. The highest BCUT2D eigenvalue weighted by molar-refractivity contribution is 8.00. The quantitative estimate of drug-likeness (QED) is 0.441. The lowest BCUT2D eigenvalue weighted by Crippen LogP contribution is -2.69. The highest BCUT2D eigenvalue weighted by atomic mass is 32.2. The van der Waals surface area contributed by atoms with Gasteiger partial charge in [-0.15, -0.1) is 11.8 Å². The van der Waals surface area contributed by atoms with E-state index in [2.05, 4.69) is 5.32 Å². The number of β-lactam (4-membered cyclic amide) rings is 1. The third kappa shape index (κ3) is 1.08. The number of hydrogen-bond donors (Lipinski definition) is 2. The summed E-state index contributed by atoms with van der Waals surface area (Å²) in [7, 11) is 0. The Kier molecular flexibility index (Phi) is 2.10. The van der Waals surface area contributed by atoms with Crippen molar-refractivity contribution >= 4 is 30.0 Å². The van der Waals surface area contributed by atoms with Gasteiger partial charge >= 0.3 is 5.97 Å². The first-order valence-electron chi connectivity index (χ1n) is 4.03. The van der Waals surface area contributed by atoms with Crippen LogP contribution in [0.1, 0.15) is 0 Å². The molecule has 6 nitrogen and oxygen atoms in total. The Morgan fingerprint density at radius 1 is 1.71 bits per heavy atom. The minimum Gasteiger partial charge on any atom is -0.480 e. The van der Waals surface area contributed by atoms with Crippen LogP contribution in [0.25, 0.3) is 0 Å². The van der Waals surface area contributed by atoms with Gasteiger partial charge in [0.1, 0.15) is 17.5 Å². The zero-order valence-corrected chi connectivity index (χ0v) is 7.86. The summed E-state index contributed by atoms with van der Waals surface area (Å²) in [5.74, 6) is -0.902. The molecule has 2 N–H and O–H groups in total. The van der Waals surface area contributed by atoms with Gasteiger partial charge in [0.25, 0.3) is 0 Å². The fourth-order valence-electron chi connectivity index (χ4n) is 1.68. The molecule has 0 spiro atoms. The van der Waals surface area contributed by atoms with Gasteiger partial charge in [-0.1, -0.05) is 0 Å². The normalized spacial score (nSPS) is 34.7. The summed E-state index contributed by atoms with van der Waals surface area (Å²) < 4.78 is 0. The van der Waals surface area contributed by atoms with Gasteiger partial charge in [-0.05, 0) is 0 Å². The number of amides is 2. The molecule has 2 rings (SSSR count). The maximum Gasteiger partial charge on any atom is 0.327 e. The van der Waals surface area contributed by atoms with E-state index in [0.717, 1.165) is 0 Å². The Balaban J connectivity index is 2.08. The monoisotopic (exact) mass is 216 g/mol. The van der Waals surface area contributed by atoms with Crippen LogP contribution in [0.5, 0.6) is 0 Å². The van der Waals surface area contributed by atoms with Gasteiger partial charge in [-0.25, -0.2) is 4.79 Å². The Morgan fingerprint density at radius 2 is 2.43 bits per heavy atom. The van der Waals surface area contributed by atoms with Gasteiger partial charge in [-0.3, -0.25) is 9.59 Å². The number of thioether (sulfide) groups is 1. The highest BCUT2D eigenvalue weighted by Gasteiger charge is 2.56. The first-order valence-corrected chi connectivity index (χ1v) is 5.08. The van der Waals surface area contributed by atoms with Crippen molar-refractivity contribution in [1.29, 1.82) is 0 Å². The Labute approximate surface area is 83.6 Å². The summed E-state index contributed by atoms with van der Waals surface area (Å²) in [5, 5.41) is 10.9. The molecule has 0 aromatic rings. The number of aliphatic carboxylic acids is 1. The van der Waals surface area contributed by atoms with Crippen LogP contribution >= 0.6 is 11.8 Å². The minimum absolute atomic E-state index is 0.200. The van der Waals surface area contributed by atoms with Crippen molar-refractivity contribution in [3.63, 3.8) is 0 Å². The lowest BCUT2D eigenvalue weighted by Gasteiger charge is -2.42. The molecule has 0 bridgehead atoms. The second kappa shape index (κ2) is 3.16. The molecule has 2 amide bonds. The van der Waals surface area contributed by atoms with Crippen LogP contribution in [0.2, 0.25) is 0 Å². The molecule has 3 atom stereocenters. The van der Waals surface area contributed by atoms with Crippen LogP contribution in [-0.4, -0.2) is 51.5 Å². The molecule has 2 aliphatic heterocycles. The van der Waals surface area contributed by atoms with E-state index in [0.29, 0.717) is 12.2 Å². The SMILES string of the molecule is O=CN[C@@H]1C(=O)N2[C@@H](C(=O)O)CS[C@H]12. The summed E-state index contributed by atoms with van der Waals surface area (Å²) in [4.78, 5) is 33.5. The molecule has 0 aliphatic carbocycles. The second-order valence-corrected chi connectivity index (χ2v) is 4.24. The van der Waals surface area contributed by atoms with Crippen molar-refractivity contribution in [1.82, 2.24) is 10.2 Å². The van der Waals surface area contributed by atoms with E-state index in [1.807, 2.05) is 0 Å². The number of carboxylic acids is 1. The lowest BCUT2D eigenvalue weighted by atomic mass is 10.1. The molecule has 2 saturated heterocycles. The second-order valence-electron chi connectivity index (χ2n) is 3.09. The van der Waals surface area contributed by atoms with Gasteiger partial charge in [0, 0.05) is 5.75 Å². The number of nitrogens with zero attached hydrogens (tertiary/aromatic N) is 1. The molecule has 0 saturated carbocycles. The number of carbonyl (C=O) groups excluding carboxylic acids is 2. The van der Waals surface area contributed by atoms with Crippen LogP contribution < -0.4 is 5.32 Å². The van der Waals surface area contributed by atoms with E-state index in [9.17, 15) is 14.4 Å². The summed E-state index contributed by atoms with van der Waals surface area (Å²) in [5.41, 5.74) is 0. The predicted molar refractivity (Wildman–Crippen MR) is 47.5 cm³/mol. The van der Waals surface area contributed by atoms with Crippen molar-refractivity contribution in [2.45, 2.75) is 17.5 Å². The first kappa shape index (κ1) is 9.32. The number of hydrogen-bond acceptors (Lipinski definition) is 4. The molecular formula is C7H8N2O4S. The van der Waals surface area contributed by atoms with E-state index in [4.69, 9.17) is 5.11 Å². The van der Waals surface area contributed by atoms with Crippen molar-refractivity contribution in [3.05, 3.63) is 0 Å². The van der Waals surface area contributed by atoms with Crippen molar-refractivity contribution in [3.8, 4) is 0 Å². The fourth-order valence-corrected chi connectivity index (χ4v) is 3.16. The Bertz CT molecular complexity index is 308. The Hall–Kier alpha value is -1.24. The molecule has 2 fully saturated rings. The van der Waals surface area contributed by atoms with Crippen molar-refractivity contribution < 1.29 is 19.5 Å². The van der Waals surface area contributed by atoms with E-state index >= 15 is 0 Å². The molecule has 14 heavy (non-hydrogen) atoms. The fraction of sp³-hybridized carbons (Fsp3) is 0.571. The molecular weight excluding hydrogens is 208 g/mol. The van der Waals surface area contributed by atoms with Gasteiger partial charge < -0.3 is 15.3 Å². The zero-order valence-electron chi connectivity index (χ0n) is 7.04. The minimum atomic E-state index is -0.988. The van der Waals surface area contributed by atoms with Gasteiger partial charge in [0.05, 0.1) is 0 Å². The average molecular weight is 216 g/mol. The standard InChI is InChI=1S/C7H8N2O4S/c10-2-8-4-5(11)9-3(7(12)13)1-14-6(4)9/h2-4,6H,1H2,(H,8,10)(H,12,13)/t3-,4-,6-/m1/s1. The van der Waals surface area contributed by atoms with Crippen LogP contribution in [0.3, 0.4) is 0 Å². The maximum absolute atomic E-state index is 11.4. The molecule has 0 unspecified atom stereocenters. The largest absolute Gasteiger partial charge is 0.480 e. The third-order valence-corrected chi connectivity index (χ3v) is 3.72. The summed E-state index contributed by atoms with van der Waals surface area (Å²) in [6.45, 7) is 0. The smallest absolute Gasteiger partial charge is 0.327 e. The number of rotatable bonds is 3. The molecule has 7 heteroatoms. The van der Waals surface area contributed by atoms with Crippen LogP contribution in [0.15, 0.2) is 0 Å². The average Bonchev–Trinajstić information content (AvgIpc) is 2.54. The zero-order chi connectivity index (χ0) is 10.3. The molecule has 76 valence electrons. The van der Waals surface area contributed by atoms with Crippen LogP contribution in [0.4, 0.5) is 0 Å². The summed E-state index contributed by atoms with van der Waals surface area (Å²) in [6.07, 6.45) is 0.467. The van der Waals surface area contributed by atoms with Gasteiger partial charge in [0.2, 0.25) is 12.3 Å². The number of nitrogens with one attached hydrogen (secondary N) is 1. The summed E-state index contributed by atoms with van der Waals surface area (Å²) >= 11 is 1.38. The Morgan fingerprint density at radius 3 is 3.00 bits per heavy atom. The van der Waals surface area contributed by atoms with Crippen molar-refractivity contribution in [2.24, 2.45) is 0 Å². The molecule has 0 aromatic carbocycles. The highest BCUT2D eigenvalue weighted by Crippen LogP contribution is 2.39. The molecule has 0 aromatic heterocycles. The maximum atomic E-state index is 11.4. The van der Waals surface area contributed by atoms with E-state index in [1.165, 1.54) is 16.7 Å². The lowest BCUT2D eigenvalue weighted by molar-refractivity contribution is -0.158. The van der Waals surface area contributed by atoms with Gasteiger partial charge in [0.15, 0.2) is 0 Å². The van der Waals surface area contributed by atoms with E-state index in [-0.39, 0.29) is 11.3 Å². The topological polar surface area (TPSA) is 86.7 Å². The third-order valence-electron chi connectivity index (χ3n) is 2.37. The first-order chi connectivity index (χ1) is 6.66. The number of fused-ring (bicyclic) bond motifs is 1. The number of carboxylic acid groups (broad SMARTS) is 1. The van der Waals surface area contributed by atoms with Crippen LogP contribution in [0, 0.1) is 0 Å². The number of carbonyl (C=O) groups is 3.